The molecule has 0 fully saturated rings. The molecule has 1 aromatic rings. The minimum Gasteiger partial charge on any atom is -0.461 e. The predicted octanol–water partition coefficient (Wildman–Crippen LogP) is 3.42. The molecule has 0 saturated heterocycles. The van der Waals surface area contributed by atoms with Gasteiger partial charge in [-0.2, -0.15) is 0 Å². The normalized spacial score (nSPS) is 17.1. The van der Waals surface area contributed by atoms with E-state index in [2.05, 4.69) is 6.58 Å². The van der Waals surface area contributed by atoms with Crippen molar-refractivity contribution in [2.45, 2.75) is 12.5 Å². The Morgan fingerprint density at radius 2 is 2.14 bits per heavy atom. The number of cyclic esters (lactones) is 1. The van der Waals surface area contributed by atoms with Crippen molar-refractivity contribution >= 4 is 40.7 Å². The lowest BCUT2D eigenvalue weighted by Crippen LogP contribution is -2.18. The number of hydrogen-bond donors (Lipinski definition) is 0. The first-order chi connectivity index (χ1) is 10.0. The molecular formula is C15H12Cl2O4. The summed E-state index contributed by atoms with van der Waals surface area (Å²) in [6.07, 6.45) is 2.56. The van der Waals surface area contributed by atoms with Gasteiger partial charge in [-0.15, -0.1) is 6.58 Å². The van der Waals surface area contributed by atoms with Crippen molar-refractivity contribution in [2.24, 2.45) is 0 Å². The van der Waals surface area contributed by atoms with Gasteiger partial charge in [0.1, 0.15) is 6.61 Å². The molecule has 1 heterocycles. The molecular weight excluding hydrogens is 315 g/mol. The van der Waals surface area contributed by atoms with Gasteiger partial charge in [0, 0.05) is 0 Å². The van der Waals surface area contributed by atoms with Gasteiger partial charge in [-0.3, -0.25) is 4.79 Å². The predicted molar refractivity (Wildman–Crippen MR) is 80.1 cm³/mol. The summed E-state index contributed by atoms with van der Waals surface area (Å²) in [5, 5.41) is 0.756. The molecule has 1 aliphatic heterocycles. The van der Waals surface area contributed by atoms with Gasteiger partial charge in [0.2, 0.25) is 0 Å². The Kier molecular flexibility index (Phi) is 5.04. The van der Waals surface area contributed by atoms with Crippen LogP contribution in [0.5, 0.6) is 0 Å². The average Bonchev–Trinajstić information content (AvgIpc) is 2.81. The number of esters is 2. The van der Waals surface area contributed by atoms with Crippen molar-refractivity contribution in [3.05, 3.63) is 52.5 Å². The van der Waals surface area contributed by atoms with E-state index in [0.717, 1.165) is 0 Å². The van der Waals surface area contributed by atoms with Crippen molar-refractivity contribution < 1.29 is 19.1 Å². The lowest BCUT2D eigenvalue weighted by Gasteiger charge is -2.08. The van der Waals surface area contributed by atoms with Gasteiger partial charge < -0.3 is 9.47 Å². The zero-order chi connectivity index (χ0) is 15.4. The van der Waals surface area contributed by atoms with Crippen molar-refractivity contribution in [1.82, 2.24) is 0 Å². The summed E-state index contributed by atoms with van der Waals surface area (Å²) in [5.41, 5.74) is 0.979. The summed E-state index contributed by atoms with van der Waals surface area (Å²) in [5.74, 6) is -0.907. The van der Waals surface area contributed by atoms with E-state index in [9.17, 15) is 9.59 Å². The Morgan fingerprint density at radius 3 is 2.81 bits per heavy atom. The maximum absolute atomic E-state index is 11.8. The molecule has 2 rings (SSSR count). The van der Waals surface area contributed by atoms with E-state index in [1.165, 1.54) is 6.08 Å². The number of benzene rings is 1. The molecule has 4 nitrogen and oxygen atoms in total. The second kappa shape index (κ2) is 6.78. The highest BCUT2D eigenvalue weighted by Gasteiger charge is 2.27. The van der Waals surface area contributed by atoms with Crippen LogP contribution in [0.4, 0.5) is 0 Å². The van der Waals surface area contributed by atoms with Crippen LogP contribution in [0.2, 0.25) is 10.0 Å². The van der Waals surface area contributed by atoms with E-state index in [-0.39, 0.29) is 13.0 Å². The minimum absolute atomic E-state index is 0.0246. The van der Waals surface area contributed by atoms with Crippen LogP contribution in [-0.2, 0) is 19.1 Å². The third-order valence-electron chi connectivity index (χ3n) is 2.78. The summed E-state index contributed by atoms with van der Waals surface area (Å²) in [7, 11) is 0. The van der Waals surface area contributed by atoms with Crippen LogP contribution >= 0.6 is 23.2 Å². The number of ether oxygens (including phenoxy) is 2. The monoisotopic (exact) mass is 326 g/mol. The first-order valence-electron chi connectivity index (χ1n) is 6.16. The highest BCUT2D eigenvalue weighted by molar-refractivity contribution is 6.42. The maximum Gasteiger partial charge on any atom is 0.339 e. The molecule has 0 aromatic heterocycles. The molecule has 0 N–H and O–H groups in total. The van der Waals surface area contributed by atoms with Crippen LogP contribution in [0.25, 0.3) is 5.57 Å². The number of carbonyl (C=O) groups excluding carboxylic acids is 2. The van der Waals surface area contributed by atoms with E-state index < -0.39 is 18.0 Å². The molecule has 1 aliphatic rings. The van der Waals surface area contributed by atoms with Gasteiger partial charge >= 0.3 is 11.9 Å². The first-order valence-corrected chi connectivity index (χ1v) is 6.91. The van der Waals surface area contributed by atoms with E-state index >= 15 is 0 Å². The van der Waals surface area contributed by atoms with Gasteiger partial charge in [0.25, 0.3) is 0 Å². The Hall–Kier alpha value is -1.78. The summed E-state index contributed by atoms with van der Waals surface area (Å²) in [4.78, 5) is 23.1. The average molecular weight is 327 g/mol. The topological polar surface area (TPSA) is 52.6 Å². The molecule has 0 amide bonds. The minimum atomic E-state index is -0.601. The van der Waals surface area contributed by atoms with Crippen molar-refractivity contribution in [3.63, 3.8) is 0 Å². The Bertz CT molecular complexity index is 622. The molecule has 1 aromatic carbocycles. The molecule has 1 unspecified atom stereocenters. The molecule has 0 saturated carbocycles. The zero-order valence-electron chi connectivity index (χ0n) is 11.0. The summed E-state index contributed by atoms with van der Waals surface area (Å²) < 4.78 is 10.1. The first kappa shape index (κ1) is 15.6. The fourth-order valence-electron chi connectivity index (χ4n) is 1.80. The summed E-state index contributed by atoms with van der Waals surface area (Å²) >= 11 is 11.8. The number of rotatable bonds is 5. The highest BCUT2D eigenvalue weighted by Crippen LogP contribution is 2.29. The molecule has 6 heteroatoms. The summed E-state index contributed by atoms with van der Waals surface area (Å²) in [6.45, 7) is 3.41. The maximum atomic E-state index is 11.8. The van der Waals surface area contributed by atoms with Crippen LogP contribution in [0.1, 0.15) is 12.0 Å². The summed E-state index contributed by atoms with van der Waals surface area (Å²) in [6, 6.07) is 4.86. The lowest BCUT2D eigenvalue weighted by atomic mass is 10.1. The van der Waals surface area contributed by atoms with Crippen LogP contribution in [0.15, 0.2) is 36.9 Å². The third kappa shape index (κ3) is 3.86. The van der Waals surface area contributed by atoms with Gasteiger partial charge in [-0.05, 0) is 23.8 Å². The largest absolute Gasteiger partial charge is 0.461 e. The second-order valence-electron chi connectivity index (χ2n) is 4.33. The Labute approximate surface area is 131 Å². The van der Waals surface area contributed by atoms with Crippen molar-refractivity contribution in [1.29, 1.82) is 0 Å². The van der Waals surface area contributed by atoms with E-state index in [1.54, 1.807) is 24.3 Å². The highest BCUT2D eigenvalue weighted by atomic mass is 35.5. The fourth-order valence-corrected chi connectivity index (χ4v) is 2.10. The molecule has 0 radical (unpaired) electrons. The van der Waals surface area contributed by atoms with Gasteiger partial charge in [0.05, 0.1) is 22.0 Å². The molecule has 21 heavy (non-hydrogen) atoms. The van der Waals surface area contributed by atoms with E-state index in [4.69, 9.17) is 32.7 Å². The zero-order valence-corrected chi connectivity index (χ0v) is 12.5. The van der Waals surface area contributed by atoms with Gasteiger partial charge in [-0.25, -0.2) is 4.79 Å². The SMILES string of the molecule is C=CCC(=O)OCC1C=C(c2ccc(Cl)c(Cl)c2)C(=O)O1. The fraction of sp³-hybridized carbons (Fsp3) is 0.200. The number of carbonyl (C=O) groups is 2. The smallest absolute Gasteiger partial charge is 0.339 e. The van der Waals surface area contributed by atoms with Crippen LogP contribution in [-0.4, -0.2) is 24.6 Å². The van der Waals surface area contributed by atoms with Crippen LogP contribution in [0.3, 0.4) is 0 Å². The second-order valence-corrected chi connectivity index (χ2v) is 5.14. The van der Waals surface area contributed by atoms with E-state index in [0.29, 0.717) is 21.2 Å². The van der Waals surface area contributed by atoms with Crippen LogP contribution in [0, 0.1) is 0 Å². The molecule has 110 valence electrons. The van der Waals surface area contributed by atoms with Gasteiger partial charge in [-0.1, -0.05) is 35.3 Å². The van der Waals surface area contributed by atoms with Gasteiger partial charge in [0.15, 0.2) is 6.10 Å². The molecule has 1 atom stereocenters. The Morgan fingerprint density at radius 1 is 1.38 bits per heavy atom. The molecule has 0 spiro atoms. The van der Waals surface area contributed by atoms with Crippen molar-refractivity contribution in [2.75, 3.05) is 6.61 Å². The number of hydrogen-bond acceptors (Lipinski definition) is 4. The molecule has 0 aliphatic carbocycles. The lowest BCUT2D eigenvalue weighted by molar-refractivity contribution is -0.150. The Balaban J connectivity index is 2.07. The van der Waals surface area contributed by atoms with E-state index in [1.807, 2.05) is 0 Å². The third-order valence-corrected chi connectivity index (χ3v) is 3.52. The standard InChI is InChI=1S/C15H12Cl2O4/c1-2-3-14(18)20-8-10-7-11(15(19)21-10)9-4-5-12(16)13(17)6-9/h2,4-7,10H,1,3,8H2. The van der Waals surface area contributed by atoms with Crippen LogP contribution < -0.4 is 0 Å². The molecule has 0 bridgehead atoms. The van der Waals surface area contributed by atoms with Crippen molar-refractivity contribution in [3.8, 4) is 0 Å². The number of halogens is 2. The quantitative estimate of drug-likeness (QED) is 0.614.